The zero-order valence-corrected chi connectivity index (χ0v) is 13.6. The molecular formula is C17H21FN2OS. The molecule has 1 aromatic heterocycles. The Morgan fingerprint density at radius 1 is 1.09 bits per heavy atom. The number of rotatable bonds is 5. The molecule has 5 heteroatoms. The Bertz CT molecular complexity index is 595. The molecule has 0 radical (unpaired) electrons. The highest BCUT2D eigenvalue weighted by atomic mass is 32.1. The van der Waals surface area contributed by atoms with Crippen LogP contribution in [0.25, 0.3) is 0 Å². The van der Waals surface area contributed by atoms with Crippen molar-refractivity contribution in [2.45, 2.75) is 13.1 Å². The molecule has 0 N–H and O–H groups in total. The van der Waals surface area contributed by atoms with E-state index in [1.165, 1.54) is 12.0 Å². The number of nitrogens with zero attached hydrogens (tertiary/aromatic N) is 2. The zero-order valence-electron chi connectivity index (χ0n) is 12.8. The van der Waals surface area contributed by atoms with Gasteiger partial charge in [-0.3, -0.25) is 9.80 Å². The van der Waals surface area contributed by atoms with Crippen LogP contribution in [0.3, 0.4) is 0 Å². The average molecular weight is 320 g/mol. The predicted molar refractivity (Wildman–Crippen MR) is 87.8 cm³/mol. The summed E-state index contributed by atoms with van der Waals surface area (Å²) in [7, 11) is 1.49. The van der Waals surface area contributed by atoms with Crippen LogP contribution in [0.2, 0.25) is 0 Å². The van der Waals surface area contributed by atoms with Crippen molar-refractivity contribution in [2.75, 3.05) is 33.3 Å². The molecule has 3 rings (SSSR count). The number of benzene rings is 1. The second-order valence-corrected chi connectivity index (χ2v) is 6.63. The Morgan fingerprint density at radius 3 is 2.41 bits per heavy atom. The molecule has 3 nitrogen and oxygen atoms in total. The van der Waals surface area contributed by atoms with Crippen molar-refractivity contribution in [3.05, 3.63) is 52.0 Å². The SMILES string of the molecule is COc1ccc(CN2CCN(Cc3cccs3)CC2)cc1F. The van der Waals surface area contributed by atoms with Gasteiger partial charge < -0.3 is 4.74 Å². The molecular weight excluding hydrogens is 299 g/mol. The van der Waals surface area contributed by atoms with E-state index in [9.17, 15) is 4.39 Å². The van der Waals surface area contributed by atoms with Crippen molar-refractivity contribution in [2.24, 2.45) is 0 Å². The number of methoxy groups -OCH3 is 1. The Morgan fingerprint density at radius 2 is 1.82 bits per heavy atom. The fraction of sp³-hybridized carbons (Fsp3) is 0.412. The first-order chi connectivity index (χ1) is 10.7. The van der Waals surface area contributed by atoms with Crippen LogP contribution in [0, 0.1) is 5.82 Å². The van der Waals surface area contributed by atoms with Gasteiger partial charge in [-0.25, -0.2) is 4.39 Å². The van der Waals surface area contributed by atoms with Crippen LogP contribution in [-0.4, -0.2) is 43.1 Å². The van der Waals surface area contributed by atoms with Crippen LogP contribution < -0.4 is 4.74 Å². The lowest BCUT2D eigenvalue weighted by atomic mass is 10.2. The number of halogens is 1. The van der Waals surface area contributed by atoms with Gasteiger partial charge in [0.15, 0.2) is 11.6 Å². The van der Waals surface area contributed by atoms with Gasteiger partial charge >= 0.3 is 0 Å². The van der Waals surface area contributed by atoms with E-state index in [4.69, 9.17) is 4.74 Å². The number of hydrogen-bond acceptors (Lipinski definition) is 4. The van der Waals surface area contributed by atoms with Gasteiger partial charge in [-0.2, -0.15) is 0 Å². The van der Waals surface area contributed by atoms with Crippen LogP contribution in [-0.2, 0) is 13.1 Å². The van der Waals surface area contributed by atoms with Crippen LogP contribution in [0.15, 0.2) is 35.7 Å². The van der Waals surface area contributed by atoms with E-state index in [0.717, 1.165) is 44.8 Å². The molecule has 1 saturated heterocycles. The molecule has 118 valence electrons. The maximum absolute atomic E-state index is 13.7. The molecule has 1 aliphatic rings. The van der Waals surface area contributed by atoms with Crippen molar-refractivity contribution in [3.63, 3.8) is 0 Å². The van der Waals surface area contributed by atoms with Crippen LogP contribution in [0.5, 0.6) is 5.75 Å². The van der Waals surface area contributed by atoms with Crippen molar-refractivity contribution in [1.29, 1.82) is 0 Å². The summed E-state index contributed by atoms with van der Waals surface area (Å²) in [5.74, 6) is 0.0286. The first kappa shape index (κ1) is 15.5. The number of piperazine rings is 1. The van der Waals surface area contributed by atoms with E-state index in [1.807, 2.05) is 17.4 Å². The van der Waals surface area contributed by atoms with Gasteiger partial charge in [0.2, 0.25) is 0 Å². The molecule has 0 saturated carbocycles. The molecule has 2 aromatic rings. The minimum atomic E-state index is -0.281. The third-order valence-electron chi connectivity index (χ3n) is 4.05. The second-order valence-electron chi connectivity index (χ2n) is 5.60. The van der Waals surface area contributed by atoms with Crippen molar-refractivity contribution in [3.8, 4) is 5.75 Å². The fourth-order valence-corrected chi connectivity index (χ4v) is 3.54. The van der Waals surface area contributed by atoms with E-state index in [2.05, 4.69) is 27.3 Å². The van der Waals surface area contributed by atoms with Gasteiger partial charge in [-0.05, 0) is 29.1 Å². The van der Waals surface area contributed by atoms with E-state index in [-0.39, 0.29) is 5.82 Å². The maximum atomic E-state index is 13.7. The van der Waals surface area contributed by atoms with Gasteiger partial charge in [-0.1, -0.05) is 12.1 Å². The summed E-state index contributed by atoms with van der Waals surface area (Å²) in [6.07, 6.45) is 0. The van der Waals surface area contributed by atoms with E-state index < -0.39 is 0 Å². The Kier molecular flexibility index (Phi) is 5.08. The molecule has 0 spiro atoms. The standard InChI is InChI=1S/C17H21FN2OS/c1-21-17-5-4-14(11-16(17)18)12-19-6-8-20(9-7-19)13-15-3-2-10-22-15/h2-5,10-11H,6-9,12-13H2,1H3. The summed E-state index contributed by atoms with van der Waals surface area (Å²) in [5.41, 5.74) is 1.00. The largest absolute Gasteiger partial charge is 0.494 e. The molecule has 1 fully saturated rings. The molecule has 0 amide bonds. The highest BCUT2D eigenvalue weighted by molar-refractivity contribution is 7.09. The van der Waals surface area contributed by atoms with Crippen molar-refractivity contribution >= 4 is 11.3 Å². The summed E-state index contributed by atoms with van der Waals surface area (Å²) in [5, 5.41) is 2.13. The smallest absolute Gasteiger partial charge is 0.165 e. The Hall–Kier alpha value is -1.43. The minimum Gasteiger partial charge on any atom is -0.494 e. The second kappa shape index (κ2) is 7.22. The molecule has 0 atom stereocenters. The molecule has 1 aromatic carbocycles. The first-order valence-electron chi connectivity index (χ1n) is 7.54. The maximum Gasteiger partial charge on any atom is 0.165 e. The molecule has 1 aliphatic heterocycles. The van der Waals surface area contributed by atoms with Crippen molar-refractivity contribution < 1.29 is 9.13 Å². The summed E-state index contributed by atoms with van der Waals surface area (Å²) in [4.78, 5) is 6.29. The Labute approximate surface area is 134 Å². The summed E-state index contributed by atoms with van der Waals surface area (Å²) < 4.78 is 18.7. The van der Waals surface area contributed by atoms with E-state index in [1.54, 1.807) is 12.1 Å². The van der Waals surface area contributed by atoms with Gasteiger partial charge in [0.25, 0.3) is 0 Å². The first-order valence-corrected chi connectivity index (χ1v) is 8.42. The third kappa shape index (κ3) is 3.85. The minimum absolute atomic E-state index is 0.281. The number of thiophene rings is 1. The topological polar surface area (TPSA) is 15.7 Å². The van der Waals surface area contributed by atoms with Crippen molar-refractivity contribution in [1.82, 2.24) is 9.80 Å². The zero-order chi connectivity index (χ0) is 15.4. The summed E-state index contributed by atoms with van der Waals surface area (Å²) >= 11 is 1.82. The van der Waals surface area contributed by atoms with Gasteiger partial charge in [0.05, 0.1) is 7.11 Å². The molecule has 22 heavy (non-hydrogen) atoms. The lowest BCUT2D eigenvalue weighted by molar-refractivity contribution is 0.122. The van der Waals surface area contributed by atoms with Gasteiger partial charge in [0.1, 0.15) is 0 Å². The molecule has 0 aliphatic carbocycles. The Balaban J connectivity index is 1.50. The monoisotopic (exact) mass is 320 g/mol. The van der Waals surface area contributed by atoms with E-state index in [0.29, 0.717) is 5.75 Å². The highest BCUT2D eigenvalue weighted by Gasteiger charge is 2.17. The normalized spacial score (nSPS) is 16.8. The quantitative estimate of drug-likeness (QED) is 0.841. The average Bonchev–Trinajstić information content (AvgIpc) is 3.02. The third-order valence-corrected chi connectivity index (χ3v) is 4.91. The number of ether oxygens (including phenoxy) is 1. The van der Waals surface area contributed by atoms with Crippen LogP contribution in [0.1, 0.15) is 10.4 Å². The van der Waals surface area contributed by atoms with Crippen LogP contribution in [0.4, 0.5) is 4.39 Å². The fourth-order valence-electron chi connectivity index (χ4n) is 2.79. The van der Waals surface area contributed by atoms with E-state index >= 15 is 0 Å². The summed E-state index contributed by atoms with van der Waals surface area (Å²) in [6.45, 7) is 6.03. The predicted octanol–water partition coefficient (Wildman–Crippen LogP) is 3.21. The van der Waals surface area contributed by atoms with Gasteiger partial charge in [-0.15, -0.1) is 11.3 Å². The molecule has 0 unspecified atom stereocenters. The highest BCUT2D eigenvalue weighted by Crippen LogP contribution is 2.19. The molecule has 2 heterocycles. The van der Waals surface area contributed by atoms with Crippen LogP contribution >= 0.6 is 11.3 Å². The number of hydrogen-bond donors (Lipinski definition) is 0. The molecule has 0 bridgehead atoms. The lowest BCUT2D eigenvalue weighted by Gasteiger charge is -2.34. The lowest BCUT2D eigenvalue weighted by Crippen LogP contribution is -2.45. The van der Waals surface area contributed by atoms with Gasteiger partial charge in [0, 0.05) is 44.1 Å². The summed E-state index contributed by atoms with van der Waals surface area (Å²) in [6, 6.07) is 9.53.